The summed E-state index contributed by atoms with van der Waals surface area (Å²) in [6.45, 7) is 4.20. The number of rotatable bonds is 11. The van der Waals surface area contributed by atoms with E-state index in [1.165, 1.54) is 0 Å². The van der Waals surface area contributed by atoms with Gasteiger partial charge < -0.3 is 15.7 Å². The predicted octanol–water partition coefficient (Wildman–Crippen LogP) is 2.85. The van der Waals surface area contributed by atoms with Crippen molar-refractivity contribution in [1.29, 1.82) is 0 Å². The highest BCUT2D eigenvalue weighted by atomic mass is 32.2. The number of carboxylic acids is 1. The fraction of sp³-hybridized carbons (Fsp3) is 0.857. The average Bonchev–Trinajstić information content (AvgIpc) is 2.40. The molecule has 0 aromatic rings. The molecule has 1 unspecified atom stereocenters. The number of carbonyl (C=O) groups is 2. The number of carbonyl (C=O) groups excluding carboxylic acids is 1. The largest absolute Gasteiger partial charge is 0.480 e. The number of aliphatic carboxylic acids is 1. The van der Waals surface area contributed by atoms with Gasteiger partial charge in [0.1, 0.15) is 6.04 Å². The highest BCUT2D eigenvalue weighted by Crippen LogP contribution is 2.07. The standard InChI is InChI=1S/C14H28N2O3S/c1-4-6-8-11(7-5-2)15-14(19)16-12(13(17)18)9-10-20-3/h11-12H,4-10H2,1-3H3,(H,17,18)(H2,15,16,19)/t11?,12-/m1/s1. The normalized spacial score (nSPS) is 13.6. The summed E-state index contributed by atoms with van der Waals surface area (Å²) in [5.74, 6) is -0.263. The summed E-state index contributed by atoms with van der Waals surface area (Å²) in [5, 5.41) is 14.5. The molecule has 3 N–H and O–H groups in total. The molecule has 0 aromatic carbocycles. The van der Waals surface area contributed by atoms with Crippen LogP contribution in [-0.2, 0) is 4.79 Å². The Morgan fingerprint density at radius 2 is 1.80 bits per heavy atom. The Bertz CT molecular complexity index is 288. The fourth-order valence-corrected chi connectivity index (χ4v) is 2.44. The van der Waals surface area contributed by atoms with Crippen LogP contribution in [0.4, 0.5) is 4.79 Å². The Morgan fingerprint density at radius 1 is 1.10 bits per heavy atom. The van der Waals surface area contributed by atoms with Crippen LogP contribution in [0.25, 0.3) is 0 Å². The van der Waals surface area contributed by atoms with Crippen LogP contribution in [0.15, 0.2) is 0 Å². The summed E-state index contributed by atoms with van der Waals surface area (Å²) in [6.07, 6.45) is 7.40. The van der Waals surface area contributed by atoms with E-state index < -0.39 is 12.0 Å². The van der Waals surface area contributed by atoms with Crippen molar-refractivity contribution < 1.29 is 14.7 Å². The molecule has 20 heavy (non-hydrogen) atoms. The SMILES string of the molecule is CCCCC(CCC)NC(=O)N[C@H](CCSC)C(=O)O. The minimum absolute atomic E-state index is 0.134. The van der Waals surface area contributed by atoms with E-state index in [-0.39, 0.29) is 12.1 Å². The molecule has 6 heteroatoms. The number of hydrogen-bond donors (Lipinski definition) is 3. The third-order valence-electron chi connectivity index (χ3n) is 3.09. The zero-order valence-corrected chi connectivity index (χ0v) is 13.6. The number of nitrogens with one attached hydrogen (secondary N) is 2. The van der Waals surface area contributed by atoms with Gasteiger partial charge in [0.25, 0.3) is 0 Å². The zero-order valence-electron chi connectivity index (χ0n) is 12.8. The first-order chi connectivity index (χ1) is 9.54. The molecule has 0 heterocycles. The third-order valence-corrected chi connectivity index (χ3v) is 3.74. The monoisotopic (exact) mass is 304 g/mol. The van der Waals surface area contributed by atoms with Crippen LogP contribution in [0.5, 0.6) is 0 Å². The van der Waals surface area contributed by atoms with Crippen LogP contribution in [0.1, 0.15) is 52.4 Å². The lowest BCUT2D eigenvalue weighted by molar-refractivity contribution is -0.139. The Kier molecular flexibility index (Phi) is 11.3. The molecule has 0 aliphatic heterocycles. The molecular formula is C14H28N2O3S. The van der Waals surface area contributed by atoms with Gasteiger partial charge in [-0.3, -0.25) is 0 Å². The molecule has 0 aliphatic rings. The van der Waals surface area contributed by atoms with Crippen LogP contribution >= 0.6 is 11.8 Å². The summed E-state index contributed by atoms with van der Waals surface area (Å²) in [7, 11) is 0. The van der Waals surface area contributed by atoms with E-state index in [0.29, 0.717) is 12.2 Å². The van der Waals surface area contributed by atoms with Gasteiger partial charge >= 0.3 is 12.0 Å². The molecule has 0 aliphatic carbocycles. The van der Waals surface area contributed by atoms with Gasteiger partial charge in [-0.25, -0.2) is 9.59 Å². The van der Waals surface area contributed by atoms with Crippen molar-refractivity contribution in [3.63, 3.8) is 0 Å². The van der Waals surface area contributed by atoms with Crippen molar-refractivity contribution >= 4 is 23.8 Å². The predicted molar refractivity (Wildman–Crippen MR) is 84.3 cm³/mol. The van der Waals surface area contributed by atoms with E-state index >= 15 is 0 Å². The van der Waals surface area contributed by atoms with E-state index in [1.54, 1.807) is 11.8 Å². The summed E-state index contributed by atoms with van der Waals surface area (Å²) < 4.78 is 0. The minimum atomic E-state index is -0.977. The average molecular weight is 304 g/mol. The summed E-state index contributed by atoms with van der Waals surface area (Å²) in [6, 6.07) is -1.04. The number of amides is 2. The van der Waals surface area contributed by atoms with Crippen molar-refractivity contribution in [2.24, 2.45) is 0 Å². The zero-order chi connectivity index (χ0) is 15.4. The van der Waals surface area contributed by atoms with E-state index in [4.69, 9.17) is 5.11 Å². The van der Waals surface area contributed by atoms with Gasteiger partial charge in [-0.1, -0.05) is 33.1 Å². The molecule has 0 rings (SSSR count). The fourth-order valence-electron chi connectivity index (χ4n) is 1.97. The lowest BCUT2D eigenvalue weighted by atomic mass is 10.1. The van der Waals surface area contributed by atoms with Crippen molar-refractivity contribution in [3.8, 4) is 0 Å². The van der Waals surface area contributed by atoms with Gasteiger partial charge in [0, 0.05) is 6.04 Å². The quantitative estimate of drug-likeness (QED) is 0.548. The second-order valence-corrected chi connectivity index (χ2v) is 5.90. The highest BCUT2D eigenvalue weighted by Gasteiger charge is 2.20. The van der Waals surface area contributed by atoms with Crippen LogP contribution in [-0.4, -0.2) is 41.2 Å². The van der Waals surface area contributed by atoms with Crippen molar-refractivity contribution in [1.82, 2.24) is 10.6 Å². The molecule has 2 atom stereocenters. The second-order valence-electron chi connectivity index (χ2n) is 4.92. The molecule has 0 saturated carbocycles. The van der Waals surface area contributed by atoms with Gasteiger partial charge in [0.2, 0.25) is 0 Å². The number of hydrogen-bond acceptors (Lipinski definition) is 3. The minimum Gasteiger partial charge on any atom is -0.480 e. The van der Waals surface area contributed by atoms with Crippen molar-refractivity contribution in [2.45, 2.75) is 64.5 Å². The Morgan fingerprint density at radius 3 is 2.30 bits per heavy atom. The maximum Gasteiger partial charge on any atom is 0.326 e. The van der Waals surface area contributed by atoms with Gasteiger partial charge in [-0.15, -0.1) is 0 Å². The van der Waals surface area contributed by atoms with E-state index in [2.05, 4.69) is 24.5 Å². The van der Waals surface area contributed by atoms with Gasteiger partial charge in [-0.05, 0) is 31.3 Å². The molecule has 5 nitrogen and oxygen atoms in total. The van der Waals surface area contributed by atoms with E-state index in [1.807, 2.05) is 6.26 Å². The van der Waals surface area contributed by atoms with Crippen molar-refractivity contribution in [3.05, 3.63) is 0 Å². The van der Waals surface area contributed by atoms with Crippen LogP contribution in [0, 0.1) is 0 Å². The Balaban J connectivity index is 4.28. The maximum atomic E-state index is 11.9. The Hall–Kier alpha value is -0.910. The van der Waals surface area contributed by atoms with Crippen LogP contribution in [0.3, 0.4) is 0 Å². The topological polar surface area (TPSA) is 78.4 Å². The molecule has 0 bridgehead atoms. The first-order valence-electron chi connectivity index (χ1n) is 7.33. The maximum absolute atomic E-state index is 11.9. The molecule has 0 spiro atoms. The smallest absolute Gasteiger partial charge is 0.326 e. The van der Waals surface area contributed by atoms with Gasteiger partial charge in [0.15, 0.2) is 0 Å². The number of unbranched alkanes of at least 4 members (excludes halogenated alkanes) is 1. The lowest BCUT2D eigenvalue weighted by Gasteiger charge is -2.20. The second kappa shape index (κ2) is 11.9. The molecular weight excluding hydrogens is 276 g/mol. The van der Waals surface area contributed by atoms with E-state index in [9.17, 15) is 9.59 Å². The van der Waals surface area contributed by atoms with Gasteiger partial charge in [0.05, 0.1) is 0 Å². The lowest BCUT2D eigenvalue weighted by Crippen LogP contribution is -2.49. The number of carboxylic acid groups (broad SMARTS) is 1. The number of thioether (sulfide) groups is 1. The summed E-state index contributed by atoms with van der Waals surface area (Å²) in [5.41, 5.74) is 0. The van der Waals surface area contributed by atoms with Gasteiger partial charge in [-0.2, -0.15) is 11.8 Å². The molecule has 0 fully saturated rings. The molecule has 0 radical (unpaired) electrons. The first-order valence-corrected chi connectivity index (χ1v) is 8.73. The molecule has 2 amide bonds. The Labute approximate surface area is 126 Å². The highest BCUT2D eigenvalue weighted by molar-refractivity contribution is 7.98. The van der Waals surface area contributed by atoms with Crippen molar-refractivity contribution in [2.75, 3.05) is 12.0 Å². The summed E-state index contributed by atoms with van der Waals surface area (Å²) in [4.78, 5) is 22.9. The summed E-state index contributed by atoms with van der Waals surface area (Å²) >= 11 is 1.57. The van der Waals surface area contributed by atoms with Crippen LogP contribution < -0.4 is 10.6 Å². The number of urea groups is 1. The van der Waals surface area contributed by atoms with E-state index in [0.717, 1.165) is 32.1 Å². The molecule has 118 valence electrons. The first kappa shape index (κ1) is 19.1. The third kappa shape index (κ3) is 9.07. The molecule has 0 aromatic heterocycles. The van der Waals surface area contributed by atoms with Crippen LogP contribution in [0.2, 0.25) is 0 Å². The molecule has 0 saturated heterocycles.